The van der Waals surface area contributed by atoms with E-state index >= 15 is 0 Å². The average molecular weight is 338 g/mol. The number of likely N-dealkylation sites (tertiary alicyclic amines) is 2. The van der Waals surface area contributed by atoms with Gasteiger partial charge in [-0.2, -0.15) is 0 Å². The third-order valence-corrected chi connectivity index (χ3v) is 6.04. The van der Waals surface area contributed by atoms with Crippen molar-refractivity contribution in [1.29, 1.82) is 0 Å². The van der Waals surface area contributed by atoms with Crippen LogP contribution in [-0.4, -0.2) is 86.1 Å². The van der Waals surface area contributed by atoms with Gasteiger partial charge in [0, 0.05) is 58.5 Å². The summed E-state index contributed by atoms with van der Waals surface area (Å²) >= 11 is 0. The number of nitrogens with zero attached hydrogens (tertiary/aromatic N) is 2. The van der Waals surface area contributed by atoms with Gasteiger partial charge in [0.2, 0.25) is 5.91 Å². The van der Waals surface area contributed by atoms with Gasteiger partial charge in [0.25, 0.3) is 0 Å². The zero-order valence-corrected chi connectivity index (χ0v) is 14.6. The van der Waals surface area contributed by atoms with E-state index in [-0.39, 0.29) is 24.2 Å². The molecule has 6 nitrogen and oxygen atoms in total. The number of hydrogen-bond acceptors (Lipinski definition) is 5. The van der Waals surface area contributed by atoms with Crippen LogP contribution in [0.1, 0.15) is 38.5 Å². The first-order chi connectivity index (χ1) is 11.7. The van der Waals surface area contributed by atoms with Gasteiger partial charge in [-0.05, 0) is 32.1 Å². The Hall–Kier alpha value is -0.690. The molecule has 0 aromatic rings. The van der Waals surface area contributed by atoms with E-state index in [1.807, 2.05) is 4.90 Å². The molecule has 0 aromatic carbocycles. The predicted molar refractivity (Wildman–Crippen MR) is 88.9 cm³/mol. The molecule has 136 valence electrons. The zero-order valence-electron chi connectivity index (χ0n) is 14.6. The molecule has 24 heavy (non-hydrogen) atoms. The summed E-state index contributed by atoms with van der Waals surface area (Å²) in [6, 6.07) is 0.658. The van der Waals surface area contributed by atoms with Crippen LogP contribution in [0.2, 0.25) is 0 Å². The van der Waals surface area contributed by atoms with Crippen molar-refractivity contribution in [3.8, 4) is 0 Å². The van der Waals surface area contributed by atoms with Crippen molar-refractivity contribution in [1.82, 2.24) is 9.80 Å². The standard InChI is InChI=1S/C18H30N2O4/c21-17(19-6-1-2-7-19)12-23-16-5-10-24-18(11-16)13-20(14-18)15-3-8-22-9-4-15/h15-16H,1-14H2/t16-/m1/s1. The minimum absolute atomic E-state index is 0.0298. The summed E-state index contributed by atoms with van der Waals surface area (Å²) in [5, 5.41) is 0. The second-order valence-electron chi connectivity index (χ2n) is 7.79. The topological polar surface area (TPSA) is 51.2 Å². The molecule has 4 aliphatic rings. The molecule has 0 unspecified atom stereocenters. The van der Waals surface area contributed by atoms with Crippen LogP contribution in [0.4, 0.5) is 0 Å². The average Bonchev–Trinajstić information content (AvgIpc) is 3.13. The maximum atomic E-state index is 12.1. The second-order valence-corrected chi connectivity index (χ2v) is 7.79. The molecule has 0 bridgehead atoms. The van der Waals surface area contributed by atoms with Gasteiger partial charge in [0.1, 0.15) is 6.61 Å². The van der Waals surface area contributed by atoms with E-state index < -0.39 is 0 Å². The normalized spacial score (nSPS) is 31.3. The summed E-state index contributed by atoms with van der Waals surface area (Å²) in [6.07, 6.45) is 6.55. The van der Waals surface area contributed by atoms with E-state index in [1.54, 1.807) is 0 Å². The van der Waals surface area contributed by atoms with Crippen molar-refractivity contribution in [2.45, 2.75) is 56.3 Å². The van der Waals surface area contributed by atoms with Crippen LogP contribution < -0.4 is 0 Å². The quantitative estimate of drug-likeness (QED) is 0.767. The number of rotatable bonds is 4. The van der Waals surface area contributed by atoms with E-state index in [0.717, 1.165) is 84.5 Å². The van der Waals surface area contributed by atoms with Crippen molar-refractivity contribution in [3.05, 3.63) is 0 Å². The van der Waals surface area contributed by atoms with Gasteiger partial charge in [-0.25, -0.2) is 0 Å². The van der Waals surface area contributed by atoms with Crippen LogP contribution >= 0.6 is 0 Å². The summed E-state index contributed by atoms with van der Waals surface area (Å²) in [6.45, 7) is 6.60. The third-order valence-electron chi connectivity index (χ3n) is 6.04. The largest absolute Gasteiger partial charge is 0.381 e. The van der Waals surface area contributed by atoms with Crippen LogP contribution in [0.15, 0.2) is 0 Å². The maximum Gasteiger partial charge on any atom is 0.248 e. The van der Waals surface area contributed by atoms with Gasteiger partial charge >= 0.3 is 0 Å². The van der Waals surface area contributed by atoms with E-state index in [4.69, 9.17) is 14.2 Å². The lowest BCUT2D eigenvalue weighted by Gasteiger charge is -2.56. The lowest BCUT2D eigenvalue weighted by atomic mass is 9.82. The number of ether oxygens (including phenoxy) is 3. The highest BCUT2D eigenvalue weighted by Crippen LogP contribution is 2.37. The number of amides is 1. The van der Waals surface area contributed by atoms with Crippen molar-refractivity contribution in [2.24, 2.45) is 0 Å². The summed E-state index contributed by atoms with van der Waals surface area (Å²) in [5.41, 5.74) is -0.0298. The minimum Gasteiger partial charge on any atom is -0.381 e. The predicted octanol–water partition coefficient (Wildman–Crippen LogP) is 1.04. The Morgan fingerprint density at radius 1 is 1.08 bits per heavy atom. The van der Waals surface area contributed by atoms with Crippen LogP contribution in [0.3, 0.4) is 0 Å². The SMILES string of the molecule is O=C(CO[C@@H]1CCOC2(C1)CN(C1CCOCC1)C2)N1CCCC1. The van der Waals surface area contributed by atoms with Gasteiger partial charge in [0.05, 0.1) is 11.7 Å². The monoisotopic (exact) mass is 338 g/mol. The molecule has 4 saturated heterocycles. The molecule has 4 heterocycles. The van der Waals surface area contributed by atoms with E-state index in [9.17, 15) is 4.79 Å². The van der Waals surface area contributed by atoms with Gasteiger partial charge in [0.15, 0.2) is 0 Å². The number of hydrogen-bond donors (Lipinski definition) is 0. The number of carbonyl (C=O) groups is 1. The van der Waals surface area contributed by atoms with Crippen molar-refractivity contribution < 1.29 is 19.0 Å². The molecule has 4 rings (SSSR count). The first-order valence-corrected chi connectivity index (χ1v) is 9.59. The van der Waals surface area contributed by atoms with Crippen LogP contribution in [-0.2, 0) is 19.0 Å². The molecule has 1 amide bonds. The molecule has 0 saturated carbocycles. The molecule has 0 radical (unpaired) electrons. The maximum absolute atomic E-state index is 12.1. The minimum atomic E-state index is -0.0298. The third kappa shape index (κ3) is 3.62. The Bertz CT molecular complexity index is 440. The lowest BCUT2D eigenvalue weighted by molar-refractivity contribution is -0.210. The zero-order chi connectivity index (χ0) is 16.4. The van der Waals surface area contributed by atoms with Crippen molar-refractivity contribution >= 4 is 5.91 Å². The Morgan fingerprint density at radius 3 is 2.58 bits per heavy atom. The Morgan fingerprint density at radius 2 is 1.83 bits per heavy atom. The lowest BCUT2D eigenvalue weighted by Crippen LogP contribution is -2.68. The van der Waals surface area contributed by atoms with E-state index in [0.29, 0.717) is 6.04 Å². The first kappa shape index (κ1) is 16.8. The first-order valence-electron chi connectivity index (χ1n) is 9.59. The van der Waals surface area contributed by atoms with Gasteiger partial charge in [-0.15, -0.1) is 0 Å². The fraction of sp³-hybridized carbons (Fsp3) is 0.944. The van der Waals surface area contributed by atoms with Crippen molar-refractivity contribution in [3.63, 3.8) is 0 Å². The molecular weight excluding hydrogens is 308 g/mol. The molecule has 4 aliphatic heterocycles. The summed E-state index contributed by atoms with van der Waals surface area (Å²) in [4.78, 5) is 16.6. The summed E-state index contributed by atoms with van der Waals surface area (Å²) in [7, 11) is 0. The van der Waals surface area contributed by atoms with E-state index in [1.165, 1.54) is 0 Å². The molecule has 1 spiro atoms. The number of carbonyl (C=O) groups excluding carboxylic acids is 1. The molecule has 1 atom stereocenters. The van der Waals surface area contributed by atoms with E-state index in [2.05, 4.69) is 4.90 Å². The van der Waals surface area contributed by atoms with Crippen molar-refractivity contribution in [2.75, 3.05) is 52.6 Å². The fourth-order valence-corrected chi connectivity index (χ4v) is 4.59. The van der Waals surface area contributed by atoms with Crippen LogP contribution in [0.25, 0.3) is 0 Å². The summed E-state index contributed by atoms with van der Waals surface area (Å²) < 4.78 is 17.5. The van der Waals surface area contributed by atoms with Crippen LogP contribution in [0.5, 0.6) is 0 Å². The second kappa shape index (κ2) is 7.28. The molecular formula is C18H30N2O4. The highest BCUT2D eigenvalue weighted by Gasteiger charge is 2.49. The summed E-state index contributed by atoms with van der Waals surface area (Å²) in [5.74, 6) is 0.158. The molecule has 0 N–H and O–H groups in total. The highest BCUT2D eigenvalue weighted by atomic mass is 16.5. The smallest absolute Gasteiger partial charge is 0.248 e. The molecule has 0 aliphatic carbocycles. The fourth-order valence-electron chi connectivity index (χ4n) is 4.59. The Kier molecular flexibility index (Phi) is 5.08. The van der Waals surface area contributed by atoms with Gasteiger partial charge < -0.3 is 19.1 Å². The molecule has 4 fully saturated rings. The van der Waals surface area contributed by atoms with Gasteiger partial charge in [-0.3, -0.25) is 9.69 Å². The molecule has 0 aromatic heterocycles. The highest BCUT2D eigenvalue weighted by molar-refractivity contribution is 5.77. The molecule has 6 heteroatoms. The Balaban J connectivity index is 1.22. The Labute approximate surface area is 144 Å². The van der Waals surface area contributed by atoms with Crippen LogP contribution in [0, 0.1) is 0 Å². The van der Waals surface area contributed by atoms with Gasteiger partial charge in [-0.1, -0.05) is 0 Å².